The highest BCUT2D eigenvalue weighted by atomic mass is 16.5. The minimum absolute atomic E-state index is 0.0103. The van der Waals surface area contributed by atoms with Gasteiger partial charge in [-0.1, -0.05) is 0 Å². The van der Waals surface area contributed by atoms with Crippen LogP contribution < -0.4 is 0 Å². The fourth-order valence-corrected chi connectivity index (χ4v) is 1.86. The van der Waals surface area contributed by atoms with Crippen molar-refractivity contribution in [2.24, 2.45) is 0 Å². The SMILES string of the molecule is COC(=O)N1CCCOCC12CC2. The summed E-state index contributed by atoms with van der Waals surface area (Å²) in [6, 6.07) is 0. The normalized spacial score (nSPS) is 25.5. The molecule has 74 valence electrons. The van der Waals surface area contributed by atoms with Crippen LogP contribution in [-0.2, 0) is 9.47 Å². The molecule has 1 spiro atoms. The summed E-state index contributed by atoms with van der Waals surface area (Å²) in [6.45, 7) is 2.21. The van der Waals surface area contributed by atoms with E-state index in [0.29, 0.717) is 6.61 Å². The Morgan fingerprint density at radius 3 is 2.92 bits per heavy atom. The van der Waals surface area contributed by atoms with Crippen LogP contribution >= 0.6 is 0 Å². The summed E-state index contributed by atoms with van der Waals surface area (Å²) < 4.78 is 10.2. The van der Waals surface area contributed by atoms with E-state index in [-0.39, 0.29) is 11.6 Å². The number of nitrogens with zero attached hydrogens (tertiary/aromatic N) is 1. The number of rotatable bonds is 0. The number of carbonyl (C=O) groups excluding carboxylic acids is 1. The van der Waals surface area contributed by atoms with Gasteiger partial charge >= 0.3 is 6.09 Å². The monoisotopic (exact) mass is 185 g/mol. The van der Waals surface area contributed by atoms with Crippen LogP contribution in [0.2, 0.25) is 0 Å². The zero-order valence-corrected chi connectivity index (χ0v) is 7.91. The molecule has 0 radical (unpaired) electrons. The van der Waals surface area contributed by atoms with Crippen LogP contribution in [-0.4, -0.2) is 43.4 Å². The van der Waals surface area contributed by atoms with Gasteiger partial charge in [-0.3, -0.25) is 0 Å². The summed E-state index contributed by atoms with van der Waals surface area (Å²) in [5.74, 6) is 0. The lowest BCUT2D eigenvalue weighted by atomic mass is 10.2. The van der Waals surface area contributed by atoms with Crippen molar-refractivity contribution in [3.63, 3.8) is 0 Å². The molecule has 0 bridgehead atoms. The van der Waals surface area contributed by atoms with Crippen molar-refractivity contribution in [3.8, 4) is 0 Å². The van der Waals surface area contributed by atoms with Crippen LogP contribution in [0.1, 0.15) is 19.3 Å². The first kappa shape index (κ1) is 8.81. The summed E-state index contributed by atoms with van der Waals surface area (Å²) >= 11 is 0. The van der Waals surface area contributed by atoms with Crippen LogP contribution in [0.5, 0.6) is 0 Å². The lowest BCUT2D eigenvalue weighted by molar-refractivity contribution is 0.0710. The van der Waals surface area contributed by atoms with Crippen molar-refractivity contribution in [3.05, 3.63) is 0 Å². The second-order valence-electron chi connectivity index (χ2n) is 3.75. The molecule has 0 N–H and O–H groups in total. The summed E-state index contributed by atoms with van der Waals surface area (Å²) in [5.41, 5.74) is -0.0103. The van der Waals surface area contributed by atoms with Crippen LogP contribution in [0.4, 0.5) is 4.79 Å². The van der Waals surface area contributed by atoms with E-state index in [4.69, 9.17) is 9.47 Å². The highest BCUT2D eigenvalue weighted by Crippen LogP contribution is 2.43. The van der Waals surface area contributed by atoms with E-state index in [9.17, 15) is 4.79 Å². The minimum atomic E-state index is -0.206. The van der Waals surface area contributed by atoms with Crippen LogP contribution in [0.15, 0.2) is 0 Å². The molecular weight excluding hydrogens is 170 g/mol. The summed E-state index contributed by atoms with van der Waals surface area (Å²) in [4.78, 5) is 13.3. The van der Waals surface area contributed by atoms with Crippen molar-refractivity contribution >= 4 is 6.09 Å². The molecule has 1 aliphatic carbocycles. The second-order valence-corrected chi connectivity index (χ2v) is 3.75. The molecule has 0 aromatic carbocycles. The molecule has 4 nitrogen and oxygen atoms in total. The van der Waals surface area contributed by atoms with Gasteiger partial charge in [0.1, 0.15) is 0 Å². The molecule has 1 heterocycles. The summed E-state index contributed by atoms with van der Waals surface area (Å²) in [7, 11) is 1.43. The highest BCUT2D eigenvalue weighted by molar-refractivity contribution is 5.69. The molecule has 0 aromatic heterocycles. The Kier molecular flexibility index (Phi) is 2.15. The van der Waals surface area contributed by atoms with Gasteiger partial charge in [0.05, 0.1) is 19.3 Å². The Hall–Kier alpha value is -0.770. The van der Waals surface area contributed by atoms with Gasteiger partial charge in [-0.25, -0.2) is 4.79 Å². The van der Waals surface area contributed by atoms with E-state index in [1.54, 1.807) is 0 Å². The fourth-order valence-electron chi connectivity index (χ4n) is 1.86. The van der Waals surface area contributed by atoms with Crippen molar-refractivity contribution in [1.82, 2.24) is 4.90 Å². The highest BCUT2D eigenvalue weighted by Gasteiger charge is 2.51. The molecule has 1 amide bonds. The number of methoxy groups -OCH3 is 1. The Bertz CT molecular complexity index is 213. The van der Waals surface area contributed by atoms with Gasteiger partial charge in [0.25, 0.3) is 0 Å². The zero-order chi connectivity index (χ0) is 9.31. The molecule has 0 unspecified atom stereocenters. The van der Waals surface area contributed by atoms with Gasteiger partial charge in [0, 0.05) is 13.2 Å². The van der Waals surface area contributed by atoms with Crippen LogP contribution in [0.3, 0.4) is 0 Å². The maximum Gasteiger partial charge on any atom is 0.410 e. The van der Waals surface area contributed by atoms with Gasteiger partial charge in [-0.2, -0.15) is 0 Å². The minimum Gasteiger partial charge on any atom is -0.453 e. The van der Waals surface area contributed by atoms with E-state index in [0.717, 1.165) is 32.4 Å². The lowest BCUT2D eigenvalue weighted by Crippen LogP contribution is -2.43. The van der Waals surface area contributed by atoms with Crippen LogP contribution in [0.25, 0.3) is 0 Å². The molecule has 0 aromatic rings. The number of carbonyl (C=O) groups is 1. The average molecular weight is 185 g/mol. The van der Waals surface area contributed by atoms with Crippen molar-refractivity contribution in [1.29, 1.82) is 0 Å². The molecule has 1 saturated heterocycles. The number of ether oxygens (including phenoxy) is 2. The molecule has 13 heavy (non-hydrogen) atoms. The molecule has 1 aliphatic heterocycles. The Morgan fingerprint density at radius 2 is 2.31 bits per heavy atom. The second kappa shape index (κ2) is 3.18. The largest absolute Gasteiger partial charge is 0.453 e. The average Bonchev–Trinajstić information content (AvgIpc) is 2.94. The van der Waals surface area contributed by atoms with Gasteiger partial charge in [0.2, 0.25) is 0 Å². The Balaban J connectivity index is 2.08. The van der Waals surface area contributed by atoms with Crippen molar-refractivity contribution in [2.75, 3.05) is 26.9 Å². The quantitative estimate of drug-likeness (QED) is 0.565. The molecule has 0 atom stereocenters. The van der Waals surface area contributed by atoms with E-state index in [1.165, 1.54) is 7.11 Å². The summed E-state index contributed by atoms with van der Waals surface area (Å²) in [5, 5.41) is 0. The maximum absolute atomic E-state index is 11.4. The lowest BCUT2D eigenvalue weighted by Gasteiger charge is -2.27. The molecular formula is C9H15NO3. The third-order valence-electron chi connectivity index (χ3n) is 2.84. The Morgan fingerprint density at radius 1 is 1.54 bits per heavy atom. The first-order chi connectivity index (χ1) is 6.28. The van der Waals surface area contributed by atoms with Gasteiger partial charge in [-0.05, 0) is 19.3 Å². The molecule has 2 rings (SSSR count). The van der Waals surface area contributed by atoms with Gasteiger partial charge in [-0.15, -0.1) is 0 Å². The molecule has 1 saturated carbocycles. The first-order valence-electron chi connectivity index (χ1n) is 4.72. The van der Waals surface area contributed by atoms with Gasteiger partial charge < -0.3 is 14.4 Å². The third kappa shape index (κ3) is 1.50. The van der Waals surface area contributed by atoms with E-state index >= 15 is 0 Å². The predicted octanol–water partition coefficient (Wildman–Crippen LogP) is 1.01. The third-order valence-corrected chi connectivity index (χ3v) is 2.84. The number of hydrogen-bond acceptors (Lipinski definition) is 3. The molecule has 2 aliphatic rings. The summed E-state index contributed by atoms with van der Waals surface area (Å²) in [6.07, 6.45) is 2.82. The smallest absolute Gasteiger partial charge is 0.410 e. The van der Waals surface area contributed by atoms with E-state index in [1.807, 2.05) is 4.90 Å². The zero-order valence-electron chi connectivity index (χ0n) is 7.91. The van der Waals surface area contributed by atoms with Gasteiger partial charge in [0.15, 0.2) is 0 Å². The number of hydrogen-bond donors (Lipinski definition) is 0. The number of amides is 1. The topological polar surface area (TPSA) is 38.8 Å². The standard InChI is InChI=1S/C9H15NO3/c1-12-8(11)10-5-2-6-13-7-9(10)3-4-9/h2-7H2,1H3. The maximum atomic E-state index is 11.4. The van der Waals surface area contributed by atoms with Crippen molar-refractivity contribution in [2.45, 2.75) is 24.8 Å². The fraction of sp³-hybridized carbons (Fsp3) is 0.889. The Labute approximate surface area is 77.8 Å². The predicted molar refractivity (Wildman–Crippen MR) is 46.5 cm³/mol. The molecule has 2 fully saturated rings. The van der Waals surface area contributed by atoms with Crippen LogP contribution in [0, 0.1) is 0 Å². The van der Waals surface area contributed by atoms with Crippen molar-refractivity contribution < 1.29 is 14.3 Å². The van der Waals surface area contributed by atoms with E-state index in [2.05, 4.69) is 0 Å². The van der Waals surface area contributed by atoms with E-state index < -0.39 is 0 Å². The first-order valence-corrected chi connectivity index (χ1v) is 4.72. The molecule has 4 heteroatoms.